The Hall–Kier alpha value is -2.90. The van der Waals surface area contributed by atoms with Crippen molar-refractivity contribution in [1.82, 2.24) is 4.98 Å². The van der Waals surface area contributed by atoms with Crippen molar-refractivity contribution in [2.24, 2.45) is 0 Å². The fraction of sp³-hybridized carbons (Fsp3) is 0. The molecule has 4 nitrogen and oxygen atoms in total. The standard InChI is InChI=1S/C12H4N4/c13-4-8-1-10-3-9(5-14)7-16-12(10)11(2-8)6-15/h1-3,7H. The van der Waals surface area contributed by atoms with Crippen molar-refractivity contribution >= 4 is 10.9 Å². The third-order valence-electron chi connectivity index (χ3n) is 2.16. The summed E-state index contributed by atoms with van der Waals surface area (Å²) < 4.78 is 0. The second kappa shape index (κ2) is 3.69. The van der Waals surface area contributed by atoms with Crippen LogP contribution >= 0.6 is 0 Å². The molecule has 0 atom stereocenters. The fourth-order valence-electron chi connectivity index (χ4n) is 1.46. The van der Waals surface area contributed by atoms with Gasteiger partial charge in [0.25, 0.3) is 0 Å². The highest BCUT2D eigenvalue weighted by molar-refractivity contribution is 5.86. The van der Waals surface area contributed by atoms with Crippen LogP contribution in [0.5, 0.6) is 0 Å². The first-order chi connectivity index (χ1) is 7.78. The van der Waals surface area contributed by atoms with Crippen molar-refractivity contribution < 1.29 is 0 Å². The molecule has 2 aromatic rings. The van der Waals surface area contributed by atoms with Gasteiger partial charge in [0.05, 0.1) is 28.3 Å². The molecule has 1 heterocycles. The van der Waals surface area contributed by atoms with E-state index in [0.717, 1.165) is 0 Å². The van der Waals surface area contributed by atoms with Crippen molar-refractivity contribution in [2.45, 2.75) is 0 Å². The average molecular weight is 204 g/mol. The van der Waals surface area contributed by atoms with E-state index >= 15 is 0 Å². The number of hydrogen-bond acceptors (Lipinski definition) is 4. The van der Waals surface area contributed by atoms with Crippen LogP contribution in [0.25, 0.3) is 10.9 Å². The molecule has 0 bridgehead atoms. The monoisotopic (exact) mass is 204 g/mol. The third kappa shape index (κ3) is 1.43. The summed E-state index contributed by atoms with van der Waals surface area (Å²) in [6, 6.07) is 10.6. The minimum Gasteiger partial charge on any atom is -0.253 e. The van der Waals surface area contributed by atoms with Crippen LogP contribution in [0, 0.1) is 34.0 Å². The zero-order valence-electron chi connectivity index (χ0n) is 8.10. The number of nitriles is 3. The number of rotatable bonds is 0. The first-order valence-electron chi connectivity index (χ1n) is 4.42. The molecule has 72 valence electrons. The first kappa shape index (κ1) is 9.65. The lowest BCUT2D eigenvalue weighted by Gasteiger charge is -2.00. The molecule has 4 heteroatoms. The molecule has 1 aromatic heterocycles. The van der Waals surface area contributed by atoms with Crippen molar-refractivity contribution in [3.05, 3.63) is 41.1 Å². The van der Waals surface area contributed by atoms with Gasteiger partial charge in [0.2, 0.25) is 0 Å². The van der Waals surface area contributed by atoms with Crippen molar-refractivity contribution in [1.29, 1.82) is 15.8 Å². The molecule has 1 aromatic carbocycles. The number of nitrogens with zero attached hydrogens (tertiary/aromatic N) is 4. The van der Waals surface area contributed by atoms with Gasteiger partial charge in [0.1, 0.15) is 12.1 Å². The van der Waals surface area contributed by atoms with E-state index in [-0.39, 0.29) is 0 Å². The smallest absolute Gasteiger partial charge is 0.101 e. The molecule has 0 saturated heterocycles. The Morgan fingerprint density at radius 3 is 2.19 bits per heavy atom. The molecule has 0 N–H and O–H groups in total. The van der Waals surface area contributed by atoms with Crippen LogP contribution in [0.3, 0.4) is 0 Å². The Kier molecular flexibility index (Phi) is 2.22. The van der Waals surface area contributed by atoms with E-state index in [1.54, 1.807) is 12.1 Å². The number of benzene rings is 1. The summed E-state index contributed by atoms with van der Waals surface area (Å²) in [5.41, 5.74) is 1.66. The number of hydrogen-bond donors (Lipinski definition) is 0. The molecule has 0 spiro atoms. The highest BCUT2D eigenvalue weighted by atomic mass is 14.7. The van der Waals surface area contributed by atoms with Crippen molar-refractivity contribution in [2.75, 3.05) is 0 Å². The summed E-state index contributed by atoms with van der Waals surface area (Å²) in [5.74, 6) is 0. The van der Waals surface area contributed by atoms with Gasteiger partial charge in [-0.15, -0.1) is 0 Å². The topological polar surface area (TPSA) is 84.3 Å². The molecule has 0 aliphatic rings. The van der Waals surface area contributed by atoms with Crippen LogP contribution in [-0.2, 0) is 0 Å². The van der Waals surface area contributed by atoms with Gasteiger partial charge in [-0.05, 0) is 18.2 Å². The maximum absolute atomic E-state index is 8.92. The lowest BCUT2D eigenvalue weighted by atomic mass is 10.1. The third-order valence-corrected chi connectivity index (χ3v) is 2.16. The molecule has 0 aliphatic carbocycles. The van der Waals surface area contributed by atoms with Crippen LogP contribution in [0.2, 0.25) is 0 Å². The molecule has 0 fully saturated rings. The van der Waals surface area contributed by atoms with E-state index in [1.807, 2.05) is 18.2 Å². The molecule has 16 heavy (non-hydrogen) atoms. The highest BCUT2D eigenvalue weighted by Crippen LogP contribution is 2.19. The van der Waals surface area contributed by atoms with E-state index < -0.39 is 0 Å². The zero-order chi connectivity index (χ0) is 11.5. The van der Waals surface area contributed by atoms with Crippen LogP contribution in [0.15, 0.2) is 24.4 Å². The predicted molar refractivity (Wildman–Crippen MR) is 55.9 cm³/mol. The summed E-state index contributed by atoms with van der Waals surface area (Å²) in [6.07, 6.45) is 1.41. The lowest BCUT2D eigenvalue weighted by Crippen LogP contribution is -1.88. The Morgan fingerprint density at radius 1 is 0.875 bits per heavy atom. The van der Waals surface area contributed by atoms with Crippen molar-refractivity contribution in [3.8, 4) is 18.2 Å². The number of fused-ring (bicyclic) bond motifs is 1. The quantitative estimate of drug-likeness (QED) is 0.655. The minimum absolute atomic E-state index is 0.346. The predicted octanol–water partition coefficient (Wildman–Crippen LogP) is 1.85. The van der Waals surface area contributed by atoms with Crippen molar-refractivity contribution in [3.63, 3.8) is 0 Å². The van der Waals surface area contributed by atoms with E-state index in [4.69, 9.17) is 15.8 Å². The van der Waals surface area contributed by atoms with Gasteiger partial charge in [0.15, 0.2) is 0 Å². The maximum atomic E-state index is 8.92. The molecule has 0 radical (unpaired) electrons. The SMILES string of the molecule is N#Cc1cnc2c(C#N)cc(C#N)cc2c1. The highest BCUT2D eigenvalue weighted by Gasteiger charge is 2.05. The zero-order valence-corrected chi connectivity index (χ0v) is 8.10. The molecule has 2 rings (SSSR count). The molecular weight excluding hydrogens is 200 g/mol. The normalized spacial score (nSPS) is 9.06. The summed E-state index contributed by atoms with van der Waals surface area (Å²) in [7, 11) is 0. The fourth-order valence-corrected chi connectivity index (χ4v) is 1.46. The van der Waals surface area contributed by atoms with Gasteiger partial charge in [-0.1, -0.05) is 0 Å². The molecule has 0 saturated carbocycles. The van der Waals surface area contributed by atoms with Gasteiger partial charge >= 0.3 is 0 Å². The van der Waals surface area contributed by atoms with E-state index in [0.29, 0.717) is 27.6 Å². The molecular formula is C12H4N4. The van der Waals surface area contributed by atoms with Gasteiger partial charge in [-0.2, -0.15) is 15.8 Å². The van der Waals surface area contributed by atoms with Crippen LogP contribution in [0.4, 0.5) is 0 Å². The summed E-state index contributed by atoms with van der Waals surface area (Å²) in [6.45, 7) is 0. The number of aromatic nitrogens is 1. The van der Waals surface area contributed by atoms with Gasteiger partial charge in [-0.25, -0.2) is 0 Å². The van der Waals surface area contributed by atoms with E-state index in [1.165, 1.54) is 12.3 Å². The van der Waals surface area contributed by atoms with Crippen LogP contribution in [0.1, 0.15) is 16.7 Å². The van der Waals surface area contributed by atoms with Gasteiger partial charge in [0, 0.05) is 11.6 Å². The lowest BCUT2D eigenvalue weighted by molar-refractivity contribution is 1.35. The summed E-state index contributed by atoms with van der Waals surface area (Å²) in [5, 5.41) is 27.1. The van der Waals surface area contributed by atoms with Gasteiger partial charge < -0.3 is 0 Å². The largest absolute Gasteiger partial charge is 0.253 e. The Labute approximate surface area is 91.6 Å². The summed E-state index contributed by atoms with van der Waals surface area (Å²) >= 11 is 0. The first-order valence-corrected chi connectivity index (χ1v) is 4.42. The van der Waals surface area contributed by atoms with Crippen LogP contribution in [-0.4, -0.2) is 4.98 Å². The van der Waals surface area contributed by atoms with Gasteiger partial charge in [-0.3, -0.25) is 4.98 Å². The molecule has 0 amide bonds. The second-order valence-electron chi connectivity index (χ2n) is 3.15. The maximum Gasteiger partial charge on any atom is 0.101 e. The summed E-state index contributed by atoms with van der Waals surface area (Å²) in [4.78, 5) is 4.04. The van der Waals surface area contributed by atoms with E-state index in [2.05, 4.69) is 4.98 Å². The second-order valence-corrected chi connectivity index (χ2v) is 3.15. The van der Waals surface area contributed by atoms with Crippen LogP contribution < -0.4 is 0 Å². The molecule has 0 unspecified atom stereocenters. The Bertz CT molecular complexity index is 690. The Morgan fingerprint density at radius 2 is 1.56 bits per heavy atom. The molecule has 0 aliphatic heterocycles. The van der Waals surface area contributed by atoms with E-state index in [9.17, 15) is 0 Å². The average Bonchev–Trinajstić information content (AvgIpc) is 2.36. The number of pyridine rings is 1. The Balaban J connectivity index is 2.88. The minimum atomic E-state index is 0.346.